The number of nitrogens with one attached hydrogen (secondary N) is 1. The molecule has 2 N–H and O–H groups in total. The highest BCUT2D eigenvalue weighted by Crippen LogP contribution is 2.32. The first-order chi connectivity index (χ1) is 7.22. The van der Waals surface area contributed by atoms with E-state index in [1.807, 2.05) is 12.1 Å². The maximum atomic E-state index is 8.54. The number of hydrogen-bond donors (Lipinski definition) is 2. The lowest BCUT2D eigenvalue weighted by molar-refractivity contribution is 0.168. The van der Waals surface area contributed by atoms with Crippen LogP contribution in [0.5, 0.6) is 11.5 Å². The van der Waals surface area contributed by atoms with Crippen LogP contribution in [0, 0.1) is 0 Å². The van der Waals surface area contributed by atoms with Gasteiger partial charge in [0.2, 0.25) is 0 Å². The lowest BCUT2D eigenvalue weighted by atomic mass is 10.1. The molecule has 0 aliphatic rings. The van der Waals surface area contributed by atoms with Crippen molar-refractivity contribution in [3.63, 3.8) is 0 Å². The highest BCUT2D eigenvalue weighted by Gasteiger charge is 2.08. The molecule has 0 atom stereocenters. The summed E-state index contributed by atoms with van der Waals surface area (Å²) in [5, 5.41) is 8.54. The van der Waals surface area contributed by atoms with E-state index in [1.165, 1.54) is 0 Å². The monoisotopic (exact) mass is 275 g/mol. The normalized spacial score (nSPS) is 10.1. The highest BCUT2D eigenvalue weighted by molar-refractivity contribution is 9.10. The zero-order valence-corrected chi connectivity index (χ0v) is 10.3. The number of hydroxylamine groups is 1. The van der Waals surface area contributed by atoms with Crippen molar-refractivity contribution in [3.8, 4) is 11.5 Å². The summed E-state index contributed by atoms with van der Waals surface area (Å²) in [5.74, 6) is 1.53. The van der Waals surface area contributed by atoms with Gasteiger partial charge in [0.05, 0.1) is 18.7 Å². The third kappa shape index (κ3) is 3.09. The lowest BCUT2D eigenvalue weighted by Gasteiger charge is -2.11. The van der Waals surface area contributed by atoms with Gasteiger partial charge >= 0.3 is 0 Å². The van der Waals surface area contributed by atoms with Gasteiger partial charge in [-0.2, -0.15) is 0 Å². The summed E-state index contributed by atoms with van der Waals surface area (Å²) in [7, 11) is 3.23. The largest absolute Gasteiger partial charge is 0.496 e. The number of ether oxygens (including phenoxy) is 2. The van der Waals surface area contributed by atoms with E-state index in [-0.39, 0.29) is 0 Å². The maximum Gasteiger partial charge on any atom is 0.133 e. The van der Waals surface area contributed by atoms with E-state index in [0.29, 0.717) is 13.0 Å². The summed E-state index contributed by atoms with van der Waals surface area (Å²) in [5.41, 5.74) is 3.10. The van der Waals surface area contributed by atoms with Crippen LogP contribution < -0.4 is 15.0 Å². The van der Waals surface area contributed by atoms with Crippen LogP contribution in [0.25, 0.3) is 0 Å². The van der Waals surface area contributed by atoms with E-state index in [2.05, 4.69) is 21.4 Å². The van der Waals surface area contributed by atoms with Gasteiger partial charge in [-0.3, -0.25) is 0 Å². The molecule has 5 heteroatoms. The quantitative estimate of drug-likeness (QED) is 0.807. The minimum atomic E-state index is 0.473. The van der Waals surface area contributed by atoms with Gasteiger partial charge in [0.1, 0.15) is 11.5 Å². The van der Waals surface area contributed by atoms with Crippen LogP contribution in [0.3, 0.4) is 0 Å². The van der Waals surface area contributed by atoms with Crippen molar-refractivity contribution in [1.29, 1.82) is 0 Å². The molecular formula is C10H14BrNO3. The minimum Gasteiger partial charge on any atom is -0.496 e. The maximum absolute atomic E-state index is 8.54. The fourth-order valence-electron chi connectivity index (χ4n) is 1.31. The van der Waals surface area contributed by atoms with Gasteiger partial charge < -0.3 is 14.7 Å². The third-order valence-corrected chi connectivity index (χ3v) is 2.68. The summed E-state index contributed by atoms with van der Waals surface area (Å²) >= 11 is 3.38. The molecular weight excluding hydrogens is 262 g/mol. The van der Waals surface area contributed by atoms with Gasteiger partial charge in [0, 0.05) is 6.54 Å². The van der Waals surface area contributed by atoms with Crippen molar-refractivity contribution in [1.82, 2.24) is 5.48 Å². The highest BCUT2D eigenvalue weighted by atomic mass is 79.9. The Balaban J connectivity index is 2.99. The Kier molecular flexibility index (Phi) is 4.87. The molecule has 0 saturated heterocycles. The van der Waals surface area contributed by atoms with E-state index >= 15 is 0 Å². The molecule has 0 aliphatic heterocycles. The Labute approximate surface area is 97.3 Å². The summed E-state index contributed by atoms with van der Waals surface area (Å²) in [6.07, 6.45) is 0.670. The molecule has 84 valence electrons. The Morgan fingerprint density at radius 2 is 1.93 bits per heavy atom. The molecule has 1 aromatic rings. The van der Waals surface area contributed by atoms with Crippen LogP contribution in [0.15, 0.2) is 16.6 Å². The average molecular weight is 276 g/mol. The molecule has 15 heavy (non-hydrogen) atoms. The van der Waals surface area contributed by atoms with E-state index in [9.17, 15) is 0 Å². The van der Waals surface area contributed by atoms with Crippen LogP contribution in [-0.2, 0) is 6.42 Å². The van der Waals surface area contributed by atoms with Crippen LogP contribution in [-0.4, -0.2) is 26.0 Å². The lowest BCUT2D eigenvalue weighted by Crippen LogP contribution is -2.11. The number of rotatable bonds is 5. The van der Waals surface area contributed by atoms with Gasteiger partial charge in [-0.15, -0.1) is 0 Å². The Morgan fingerprint density at radius 3 is 2.47 bits per heavy atom. The minimum absolute atomic E-state index is 0.473. The average Bonchev–Trinajstić information content (AvgIpc) is 2.26. The smallest absolute Gasteiger partial charge is 0.133 e. The zero-order chi connectivity index (χ0) is 11.3. The van der Waals surface area contributed by atoms with Crippen LogP contribution in [0.2, 0.25) is 0 Å². The molecule has 0 aromatic heterocycles. The molecule has 4 nitrogen and oxygen atoms in total. The number of halogens is 1. The second-order valence-corrected chi connectivity index (χ2v) is 3.81. The number of benzene rings is 1. The molecule has 1 aromatic carbocycles. The molecule has 0 unspecified atom stereocenters. The number of hydrogen-bond acceptors (Lipinski definition) is 4. The SMILES string of the molecule is COc1cc(CCNO)c(OC)cc1Br. The Bertz CT molecular complexity index is 331. The summed E-state index contributed by atoms with van der Waals surface area (Å²) in [4.78, 5) is 0. The van der Waals surface area contributed by atoms with E-state index < -0.39 is 0 Å². The molecule has 0 amide bonds. The van der Waals surface area contributed by atoms with Crippen molar-refractivity contribution in [2.24, 2.45) is 0 Å². The topological polar surface area (TPSA) is 50.7 Å². The van der Waals surface area contributed by atoms with Crippen molar-refractivity contribution in [2.75, 3.05) is 20.8 Å². The summed E-state index contributed by atoms with van der Waals surface area (Å²) < 4.78 is 11.3. The van der Waals surface area contributed by atoms with E-state index in [0.717, 1.165) is 21.5 Å². The summed E-state index contributed by atoms with van der Waals surface area (Å²) in [6, 6.07) is 3.74. The molecule has 0 aliphatic carbocycles. The Morgan fingerprint density at radius 1 is 1.27 bits per heavy atom. The molecule has 0 spiro atoms. The van der Waals surface area contributed by atoms with Crippen LogP contribution in [0.1, 0.15) is 5.56 Å². The molecule has 1 rings (SSSR count). The Hall–Kier alpha value is -0.780. The van der Waals surface area contributed by atoms with Crippen molar-refractivity contribution >= 4 is 15.9 Å². The fraction of sp³-hybridized carbons (Fsp3) is 0.400. The van der Waals surface area contributed by atoms with Crippen LogP contribution in [0.4, 0.5) is 0 Å². The van der Waals surface area contributed by atoms with Gasteiger partial charge in [-0.25, -0.2) is 5.48 Å². The van der Waals surface area contributed by atoms with E-state index in [1.54, 1.807) is 14.2 Å². The zero-order valence-electron chi connectivity index (χ0n) is 8.71. The summed E-state index contributed by atoms with van der Waals surface area (Å²) in [6.45, 7) is 0.473. The molecule has 0 saturated carbocycles. The van der Waals surface area contributed by atoms with Gasteiger partial charge in [0.25, 0.3) is 0 Å². The van der Waals surface area contributed by atoms with Gasteiger partial charge in [0.15, 0.2) is 0 Å². The first kappa shape index (κ1) is 12.3. The van der Waals surface area contributed by atoms with Crippen LogP contribution >= 0.6 is 15.9 Å². The van der Waals surface area contributed by atoms with Crippen molar-refractivity contribution in [2.45, 2.75) is 6.42 Å². The molecule has 0 radical (unpaired) electrons. The van der Waals surface area contributed by atoms with Crippen molar-refractivity contribution < 1.29 is 14.7 Å². The van der Waals surface area contributed by atoms with Crippen molar-refractivity contribution in [3.05, 3.63) is 22.2 Å². The fourth-order valence-corrected chi connectivity index (χ4v) is 1.79. The second kappa shape index (κ2) is 5.95. The number of methoxy groups -OCH3 is 2. The molecule has 0 fully saturated rings. The molecule has 0 heterocycles. The predicted molar refractivity (Wildman–Crippen MR) is 60.7 cm³/mol. The second-order valence-electron chi connectivity index (χ2n) is 2.96. The predicted octanol–water partition coefficient (Wildman–Crippen LogP) is 1.99. The molecule has 0 bridgehead atoms. The standard InChI is InChI=1S/C10H14BrNO3/c1-14-9-6-8(11)10(15-2)5-7(9)3-4-12-13/h5-6,12-13H,3-4H2,1-2H3. The van der Waals surface area contributed by atoms with Gasteiger partial charge in [-0.1, -0.05) is 0 Å². The first-order valence-corrected chi connectivity index (χ1v) is 5.29. The van der Waals surface area contributed by atoms with Gasteiger partial charge in [-0.05, 0) is 40.0 Å². The first-order valence-electron chi connectivity index (χ1n) is 4.50. The third-order valence-electron chi connectivity index (χ3n) is 2.06. The van der Waals surface area contributed by atoms with E-state index in [4.69, 9.17) is 14.7 Å².